The van der Waals surface area contributed by atoms with Gasteiger partial charge in [0, 0.05) is 36.8 Å². The molecule has 0 radical (unpaired) electrons. The van der Waals surface area contributed by atoms with Gasteiger partial charge < -0.3 is 15.0 Å². The molecule has 0 unspecified atom stereocenters. The number of ether oxygens (including phenoxy) is 1. The molecule has 0 amide bonds. The van der Waals surface area contributed by atoms with Gasteiger partial charge in [-0.05, 0) is 18.6 Å². The molecule has 0 bridgehead atoms. The first-order valence-corrected chi connectivity index (χ1v) is 5.58. The predicted octanol–water partition coefficient (Wildman–Crippen LogP) is 2.21. The third kappa shape index (κ3) is 2.26. The zero-order valence-electron chi connectivity index (χ0n) is 9.84. The number of H-pyrrole nitrogens is 1. The van der Waals surface area contributed by atoms with E-state index in [1.54, 1.807) is 7.11 Å². The SMILES string of the molecule is COCCNCc1c(C)[nH]c2ccccc12. The van der Waals surface area contributed by atoms with Gasteiger partial charge in [0.1, 0.15) is 0 Å². The van der Waals surface area contributed by atoms with Crippen LogP contribution in [-0.2, 0) is 11.3 Å². The van der Waals surface area contributed by atoms with Crippen LogP contribution in [0.2, 0.25) is 0 Å². The quantitative estimate of drug-likeness (QED) is 0.755. The highest BCUT2D eigenvalue weighted by atomic mass is 16.5. The standard InChI is InChI=1S/C13H18N2O/c1-10-12(9-14-7-8-16-2)11-5-3-4-6-13(11)15-10/h3-6,14-15H,7-9H2,1-2H3. The largest absolute Gasteiger partial charge is 0.383 e. The van der Waals surface area contributed by atoms with Crippen molar-refractivity contribution in [3.8, 4) is 0 Å². The van der Waals surface area contributed by atoms with Gasteiger partial charge in [-0.15, -0.1) is 0 Å². The molecule has 0 spiro atoms. The normalized spacial score (nSPS) is 11.1. The van der Waals surface area contributed by atoms with Crippen molar-refractivity contribution >= 4 is 10.9 Å². The first-order chi connectivity index (χ1) is 7.83. The zero-order chi connectivity index (χ0) is 11.4. The maximum absolute atomic E-state index is 5.01. The van der Waals surface area contributed by atoms with E-state index >= 15 is 0 Å². The highest BCUT2D eigenvalue weighted by Gasteiger charge is 2.06. The Bertz CT molecular complexity index is 462. The van der Waals surface area contributed by atoms with E-state index in [4.69, 9.17) is 4.74 Å². The number of benzene rings is 1. The van der Waals surface area contributed by atoms with Gasteiger partial charge in [0.25, 0.3) is 0 Å². The summed E-state index contributed by atoms with van der Waals surface area (Å²) in [5.41, 5.74) is 3.81. The summed E-state index contributed by atoms with van der Waals surface area (Å²) >= 11 is 0. The summed E-state index contributed by atoms with van der Waals surface area (Å²) in [6.45, 7) is 4.64. The zero-order valence-corrected chi connectivity index (χ0v) is 9.84. The number of hydrogen-bond acceptors (Lipinski definition) is 2. The van der Waals surface area contributed by atoms with E-state index in [1.807, 2.05) is 0 Å². The molecule has 2 N–H and O–H groups in total. The minimum Gasteiger partial charge on any atom is -0.383 e. The van der Waals surface area contributed by atoms with Gasteiger partial charge in [-0.2, -0.15) is 0 Å². The number of aromatic amines is 1. The number of hydrogen-bond donors (Lipinski definition) is 2. The summed E-state index contributed by atoms with van der Waals surface area (Å²) in [7, 11) is 1.72. The van der Waals surface area contributed by atoms with Crippen molar-refractivity contribution in [2.24, 2.45) is 0 Å². The predicted molar refractivity (Wildman–Crippen MR) is 66.6 cm³/mol. The molecule has 3 nitrogen and oxygen atoms in total. The summed E-state index contributed by atoms with van der Waals surface area (Å²) in [5.74, 6) is 0. The molecule has 2 aromatic rings. The molecule has 0 aliphatic rings. The van der Waals surface area contributed by atoms with Gasteiger partial charge >= 0.3 is 0 Å². The summed E-state index contributed by atoms with van der Waals surface area (Å²) in [6, 6.07) is 8.40. The second-order valence-electron chi connectivity index (χ2n) is 3.94. The summed E-state index contributed by atoms with van der Waals surface area (Å²) in [4.78, 5) is 3.40. The van der Waals surface area contributed by atoms with Gasteiger partial charge in [-0.1, -0.05) is 18.2 Å². The molecule has 0 atom stereocenters. The summed E-state index contributed by atoms with van der Waals surface area (Å²) in [6.07, 6.45) is 0. The van der Waals surface area contributed by atoms with E-state index in [0.717, 1.165) is 19.7 Å². The molecule has 1 aromatic carbocycles. The lowest BCUT2D eigenvalue weighted by Crippen LogP contribution is -2.18. The molecular weight excluding hydrogens is 200 g/mol. The van der Waals surface area contributed by atoms with E-state index in [9.17, 15) is 0 Å². The first kappa shape index (κ1) is 11.2. The van der Waals surface area contributed by atoms with Crippen LogP contribution in [0, 0.1) is 6.92 Å². The molecule has 16 heavy (non-hydrogen) atoms. The number of aryl methyl sites for hydroxylation is 1. The van der Waals surface area contributed by atoms with Crippen LogP contribution in [0.15, 0.2) is 24.3 Å². The van der Waals surface area contributed by atoms with E-state index in [0.29, 0.717) is 0 Å². The lowest BCUT2D eigenvalue weighted by atomic mass is 10.1. The average molecular weight is 218 g/mol. The number of rotatable bonds is 5. The number of fused-ring (bicyclic) bond motifs is 1. The van der Waals surface area contributed by atoms with Crippen LogP contribution in [-0.4, -0.2) is 25.2 Å². The molecule has 1 heterocycles. The third-order valence-corrected chi connectivity index (χ3v) is 2.81. The van der Waals surface area contributed by atoms with E-state index in [-0.39, 0.29) is 0 Å². The highest BCUT2D eigenvalue weighted by Crippen LogP contribution is 2.21. The van der Waals surface area contributed by atoms with E-state index < -0.39 is 0 Å². The Hall–Kier alpha value is -1.32. The van der Waals surface area contributed by atoms with Crippen LogP contribution >= 0.6 is 0 Å². The number of aromatic nitrogens is 1. The maximum Gasteiger partial charge on any atom is 0.0587 e. The Kier molecular flexibility index (Phi) is 3.59. The van der Waals surface area contributed by atoms with Gasteiger partial charge in [0.05, 0.1) is 6.61 Å². The van der Waals surface area contributed by atoms with Crippen LogP contribution in [0.3, 0.4) is 0 Å². The maximum atomic E-state index is 5.01. The summed E-state index contributed by atoms with van der Waals surface area (Å²) in [5, 5.41) is 4.69. The minimum absolute atomic E-state index is 0.751. The van der Waals surface area contributed by atoms with E-state index in [2.05, 4.69) is 41.5 Å². The smallest absolute Gasteiger partial charge is 0.0587 e. The second-order valence-corrected chi connectivity index (χ2v) is 3.94. The first-order valence-electron chi connectivity index (χ1n) is 5.58. The lowest BCUT2D eigenvalue weighted by Gasteiger charge is -2.04. The molecular formula is C13H18N2O. The van der Waals surface area contributed by atoms with Crippen LogP contribution in [0.5, 0.6) is 0 Å². The molecule has 86 valence electrons. The monoisotopic (exact) mass is 218 g/mol. The number of methoxy groups -OCH3 is 1. The van der Waals surface area contributed by atoms with Crippen molar-refractivity contribution in [2.75, 3.05) is 20.3 Å². The lowest BCUT2D eigenvalue weighted by molar-refractivity contribution is 0.199. The van der Waals surface area contributed by atoms with Crippen LogP contribution < -0.4 is 5.32 Å². The second kappa shape index (κ2) is 5.14. The van der Waals surface area contributed by atoms with Gasteiger partial charge in [0.2, 0.25) is 0 Å². The molecule has 2 rings (SSSR count). The molecule has 1 aromatic heterocycles. The molecule has 0 aliphatic heterocycles. The molecule has 0 fully saturated rings. The Morgan fingerprint density at radius 3 is 2.94 bits per heavy atom. The van der Waals surface area contributed by atoms with Crippen molar-refractivity contribution in [3.63, 3.8) is 0 Å². The fraction of sp³-hybridized carbons (Fsp3) is 0.385. The van der Waals surface area contributed by atoms with Crippen molar-refractivity contribution in [3.05, 3.63) is 35.5 Å². The Morgan fingerprint density at radius 2 is 2.12 bits per heavy atom. The fourth-order valence-corrected chi connectivity index (χ4v) is 1.95. The topological polar surface area (TPSA) is 37.0 Å². The molecule has 3 heteroatoms. The van der Waals surface area contributed by atoms with Gasteiger partial charge in [0.15, 0.2) is 0 Å². The van der Waals surface area contributed by atoms with Crippen molar-refractivity contribution in [2.45, 2.75) is 13.5 Å². The van der Waals surface area contributed by atoms with Crippen LogP contribution in [0.25, 0.3) is 10.9 Å². The van der Waals surface area contributed by atoms with Crippen LogP contribution in [0.1, 0.15) is 11.3 Å². The van der Waals surface area contributed by atoms with Crippen molar-refractivity contribution < 1.29 is 4.74 Å². The molecule has 0 aliphatic carbocycles. The Morgan fingerprint density at radius 1 is 1.31 bits per heavy atom. The van der Waals surface area contributed by atoms with Crippen molar-refractivity contribution in [1.82, 2.24) is 10.3 Å². The summed E-state index contributed by atoms with van der Waals surface area (Å²) < 4.78 is 5.01. The van der Waals surface area contributed by atoms with Gasteiger partial charge in [-0.3, -0.25) is 0 Å². The van der Waals surface area contributed by atoms with E-state index in [1.165, 1.54) is 22.2 Å². The Balaban J connectivity index is 2.13. The van der Waals surface area contributed by atoms with Gasteiger partial charge in [-0.25, -0.2) is 0 Å². The van der Waals surface area contributed by atoms with Crippen molar-refractivity contribution in [1.29, 1.82) is 0 Å². The highest BCUT2D eigenvalue weighted by molar-refractivity contribution is 5.84. The molecule has 0 saturated heterocycles. The third-order valence-electron chi connectivity index (χ3n) is 2.81. The fourth-order valence-electron chi connectivity index (χ4n) is 1.95. The van der Waals surface area contributed by atoms with Crippen LogP contribution in [0.4, 0.5) is 0 Å². The Labute approximate surface area is 95.8 Å². The number of para-hydroxylation sites is 1. The average Bonchev–Trinajstić information content (AvgIpc) is 2.61. The minimum atomic E-state index is 0.751. The molecule has 0 saturated carbocycles. The number of nitrogens with one attached hydrogen (secondary N) is 2.